The monoisotopic (exact) mass is 260 g/mol. The summed E-state index contributed by atoms with van der Waals surface area (Å²) >= 11 is 0. The summed E-state index contributed by atoms with van der Waals surface area (Å²) in [4.78, 5) is 14.4. The first-order valence-electron chi connectivity index (χ1n) is 6.58. The maximum absolute atomic E-state index is 12.4. The molecule has 0 spiro atoms. The predicted octanol–water partition coefficient (Wildman–Crippen LogP) is 2.18. The van der Waals surface area contributed by atoms with Crippen LogP contribution in [0.15, 0.2) is 0 Å². The van der Waals surface area contributed by atoms with Crippen molar-refractivity contribution in [2.45, 2.75) is 52.0 Å². The summed E-state index contributed by atoms with van der Waals surface area (Å²) in [7, 11) is 0. The summed E-state index contributed by atoms with van der Waals surface area (Å²) in [5.74, 6) is 0.880. The van der Waals surface area contributed by atoms with Crippen LogP contribution >= 0.6 is 12.4 Å². The maximum Gasteiger partial charge on any atom is 0.228 e. The van der Waals surface area contributed by atoms with E-state index < -0.39 is 0 Å². The minimum Gasteiger partial charge on any atom is -0.342 e. The number of carbonyl (C=O) groups excluding carboxylic acids is 1. The van der Waals surface area contributed by atoms with E-state index in [1.165, 1.54) is 12.8 Å². The predicted molar refractivity (Wildman–Crippen MR) is 72.2 cm³/mol. The van der Waals surface area contributed by atoms with Crippen LogP contribution in [0.3, 0.4) is 0 Å². The Hall–Kier alpha value is -0.280. The number of rotatable bonds is 2. The van der Waals surface area contributed by atoms with E-state index >= 15 is 0 Å². The molecule has 2 N–H and O–H groups in total. The molecule has 2 fully saturated rings. The van der Waals surface area contributed by atoms with E-state index in [4.69, 9.17) is 5.73 Å². The van der Waals surface area contributed by atoms with E-state index in [1.54, 1.807) is 0 Å². The summed E-state index contributed by atoms with van der Waals surface area (Å²) in [5, 5.41) is 0. The highest BCUT2D eigenvalue weighted by Crippen LogP contribution is 2.42. The van der Waals surface area contributed by atoms with E-state index in [1.807, 2.05) is 0 Å². The second-order valence-corrected chi connectivity index (χ2v) is 5.93. The van der Waals surface area contributed by atoms with Crippen LogP contribution in [-0.2, 0) is 4.79 Å². The number of hydrogen-bond acceptors (Lipinski definition) is 2. The molecule has 1 aliphatic carbocycles. The van der Waals surface area contributed by atoms with Crippen molar-refractivity contribution in [3.05, 3.63) is 0 Å². The summed E-state index contributed by atoms with van der Waals surface area (Å²) in [6.07, 6.45) is 5.66. The molecule has 2 unspecified atom stereocenters. The second-order valence-electron chi connectivity index (χ2n) is 5.93. The van der Waals surface area contributed by atoms with Crippen LogP contribution in [0.5, 0.6) is 0 Å². The van der Waals surface area contributed by atoms with Gasteiger partial charge in [0.15, 0.2) is 0 Å². The Kier molecular flexibility index (Phi) is 4.85. The van der Waals surface area contributed by atoms with Gasteiger partial charge in [-0.1, -0.05) is 13.3 Å². The lowest BCUT2D eigenvalue weighted by molar-refractivity contribution is -0.148. The van der Waals surface area contributed by atoms with Crippen LogP contribution in [0, 0.1) is 11.3 Å². The van der Waals surface area contributed by atoms with Crippen LogP contribution < -0.4 is 5.73 Å². The number of hydrogen-bond donors (Lipinski definition) is 1. The molecule has 0 aromatic heterocycles. The summed E-state index contributed by atoms with van der Waals surface area (Å²) in [5.41, 5.74) is 5.91. The number of halogens is 1. The van der Waals surface area contributed by atoms with Gasteiger partial charge in [-0.25, -0.2) is 0 Å². The van der Waals surface area contributed by atoms with Gasteiger partial charge in [0.05, 0.1) is 0 Å². The van der Waals surface area contributed by atoms with E-state index in [-0.39, 0.29) is 23.9 Å². The molecule has 2 aliphatic rings. The van der Waals surface area contributed by atoms with Gasteiger partial charge in [-0.05, 0) is 38.5 Å². The number of piperidine rings is 1. The zero-order valence-corrected chi connectivity index (χ0v) is 11.8. The minimum atomic E-state index is -0.0419. The number of amides is 1. The molecule has 3 nitrogen and oxygen atoms in total. The number of likely N-dealkylation sites (tertiary alicyclic amines) is 1. The fourth-order valence-electron chi connectivity index (χ4n) is 2.93. The van der Waals surface area contributed by atoms with Crippen molar-refractivity contribution < 1.29 is 4.79 Å². The Bertz CT molecular complexity index is 277. The molecule has 1 saturated heterocycles. The maximum atomic E-state index is 12.4. The highest BCUT2D eigenvalue weighted by atomic mass is 35.5. The average Bonchev–Trinajstić information content (AvgIpc) is 2.25. The van der Waals surface area contributed by atoms with Crippen LogP contribution in [0.1, 0.15) is 46.0 Å². The van der Waals surface area contributed by atoms with Gasteiger partial charge in [0, 0.05) is 24.5 Å². The number of nitrogens with two attached hydrogens (primary N) is 1. The van der Waals surface area contributed by atoms with Gasteiger partial charge in [0.2, 0.25) is 5.91 Å². The van der Waals surface area contributed by atoms with Gasteiger partial charge < -0.3 is 10.6 Å². The van der Waals surface area contributed by atoms with Crippen molar-refractivity contribution >= 4 is 18.3 Å². The molecule has 0 bridgehead atoms. The topological polar surface area (TPSA) is 46.3 Å². The van der Waals surface area contributed by atoms with Crippen molar-refractivity contribution in [1.29, 1.82) is 0 Å². The standard InChI is InChI=1S/C13H24N2O.ClH/c1-10(14)11-5-3-8-15(9-11)12(16)13(2)6-4-7-13;/h10-11H,3-9,14H2,1-2H3;1H. The van der Waals surface area contributed by atoms with Crippen molar-refractivity contribution in [3.8, 4) is 0 Å². The second kappa shape index (κ2) is 5.57. The largest absolute Gasteiger partial charge is 0.342 e. The number of carbonyl (C=O) groups is 1. The zero-order chi connectivity index (χ0) is 11.8. The van der Waals surface area contributed by atoms with Crippen molar-refractivity contribution in [1.82, 2.24) is 4.90 Å². The first kappa shape index (κ1) is 14.8. The molecule has 0 aromatic carbocycles. The average molecular weight is 261 g/mol. The van der Waals surface area contributed by atoms with Crippen LogP contribution in [-0.4, -0.2) is 29.9 Å². The third-order valence-corrected chi connectivity index (χ3v) is 4.46. The summed E-state index contributed by atoms with van der Waals surface area (Å²) < 4.78 is 0. The molecule has 1 amide bonds. The molecule has 2 atom stereocenters. The Labute approximate surface area is 111 Å². The van der Waals surface area contributed by atoms with Crippen molar-refractivity contribution in [2.24, 2.45) is 17.1 Å². The Morgan fingerprint density at radius 1 is 1.41 bits per heavy atom. The van der Waals surface area contributed by atoms with Crippen molar-refractivity contribution in [3.63, 3.8) is 0 Å². The first-order valence-corrected chi connectivity index (χ1v) is 6.58. The first-order chi connectivity index (χ1) is 7.53. The minimum absolute atomic E-state index is 0. The van der Waals surface area contributed by atoms with Crippen LogP contribution in [0.4, 0.5) is 0 Å². The molecule has 0 aromatic rings. The summed E-state index contributed by atoms with van der Waals surface area (Å²) in [6.45, 7) is 6.00. The SMILES string of the molecule is CC(N)C1CCCN(C(=O)C2(C)CCC2)C1.Cl. The lowest BCUT2D eigenvalue weighted by atomic mass is 9.69. The highest BCUT2D eigenvalue weighted by Gasteiger charge is 2.42. The van der Waals surface area contributed by atoms with E-state index in [0.717, 1.165) is 32.4 Å². The van der Waals surface area contributed by atoms with Gasteiger partial charge in [-0.15, -0.1) is 12.4 Å². The molecule has 17 heavy (non-hydrogen) atoms. The molecule has 1 heterocycles. The molecule has 100 valence electrons. The van der Waals surface area contributed by atoms with Gasteiger partial charge in [-0.2, -0.15) is 0 Å². The molecular formula is C13H25ClN2O. The van der Waals surface area contributed by atoms with E-state index in [0.29, 0.717) is 11.8 Å². The fourth-order valence-corrected chi connectivity index (χ4v) is 2.93. The molecule has 1 aliphatic heterocycles. The smallest absolute Gasteiger partial charge is 0.228 e. The Balaban J connectivity index is 0.00000144. The van der Waals surface area contributed by atoms with Crippen molar-refractivity contribution in [2.75, 3.05) is 13.1 Å². The lowest BCUT2D eigenvalue weighted by Gasteiger charge is -2.44. The molecule has 0 radical (unpaired) electrons. The Morgan fingerprint density at radius 2 is 2.06 bits per heavy atom. The third-order valence-electron chi connectivity index (χ3n) is 4.46. The van der Waals surface area contributed by atoms with Gasteiger partial charge >= 0.3 is 0 Å². The molecule has 4 heteroatoms. The third kappa shape index (κ3) is 2.94. The highest BCUT2D eigenvalue weighted by molar-refractivity contribution is 5.85. The lowest BCUT2D eigenvalue weighted by Crippen LogP contribution is -2.51. The molecule has 2 rings (SSSR count). The fraction of sp³-hybridized carbons (Fsp3) is 0.923. The van der Waals surface area contributed by atoms with Crippen LogP contribution in [0.25, 0.3) is 0 Å². The molecule has 1 saturated carbocycles. The normalized spacial score (nSPS) is 28.9. The zero-order valence-electron chi connectivity index (χ0n) is 10.9. The van der Waals surface area contributed by atoms with Gasteiger partial charge in [0.1, 0.15) is 0 Å². The Morgan fingerprint density at radius 3 is 2.53 bits per heavy atom. The van der Waals surface area contributed by atoms with E-state index in [9.17, 15) is 4.79 Å². The van der Waals surface area contributed by atoms with E-state index in [2.05, 4.69) is 18.7 Å². The quantitative estimate of drug-likeness (QED) is 0.827. The van der Waals surface area contributed by atoms with Gasteiger partial charge in [0.25, 0.3) is 0 Å². The van der Waals surface area contributed by atoms with Crippen LogP contribution in [0.2, 0.25) is 0 Å². The van der Waals surface area contributed by atoms with Gasteiger partial charge in [-0.3, -0.25) is 4.79 Å². The molecular weight excluding hydrogens is 236 g/mol. The summed E-state index contributed by atoms with van der Waals surface area (Å²) in [6, 6.07) is 0.213. The number of nitrogens with zero attached hydrogens (tertiary/aromatic N) is 1.